The minimum atomic E-state index is -1.32. The number of aromatic hydroxyl groups is 1. The van der Waals surface area contributed by atoms with E-state index in [2.05, 4.69) is 0 Å². The van der Waals surface area contributed by atoms with Crippen LogP contribution in [0.3, 0.4) is 0 Å². The van der Waals surface area contributed by atoms with Gasteiger partial charge in [-0.05, 0) is 74.4 Å². The maximum Gasteiger partial charge on any atom is 0.347 e. The van der Waals surface area contributed by atoms with E-state index in [1.54, 1.807) is 30.3 Å². The monoisotopic (exact) mass is 340 g/mol. The number of phenols is 1. The molecule has 0 aliphatic heterocycles. The van der Waals surface area contributed by atoms with Crippen LogP contribution in [-0.2, 0) is 4.79 Å². The largest absolute Gasteiger partial charge is 0.508 e. The lowest BCUT2D eigenvalue weighted by atomic mass is 10.1. The zero-order valence-electron chi connectivity index (χ0n) is 14.3. The van der Waals surface area contributed by atoms with Crippen molar-refractivity contribution in [3.8, 4) is 11.5 Å². The molecule has 2 N–H and O–H groups in total. The summed E-state index contributed by atoms with van der Waals surface area (Å²) in [5, 5.41) is 18.4. The fraction of sp³-hybridized carbons (Fsp3) is 0.200. The van der Waals surface area contributed by atoms with Crippen molar-refractivity contribution in [1.29, 1.82) is 0 Å². The summed E-state index contributed by atoms with van der Waals surface area (Å²) in [4.78, 5) is 23.2. The Hall–Kier alpha value is -3.08. The highest BCUT2D eigenvalue weighted by Gasteiger charge is 2.29. The molecule has 0 aliphatic rings. The number of hydrogen-bond donors (Lipinski definition) is 2. The minimum Gasteiger partial charge on any atom is -0.508 e. The van der Waals surface area contributed by atoms with Crippen LogP contribution in [0.5, 0.6) is 11.5 Å². The van der Waals surface area contributed by atoms with Crippen molar-refractivity contribution < 1.29 is 24.5 Å². The molecule has 0 atom stereocenters. The van der Waals surface area contributed by atoms with Crippen LogP contribution >= 0.6 is 0 Å². The third-order valence-corrected chi connectivity index (χ3v) is 3.66. The lowest BCUT2D eigenvalue weighted by molar-refractivity contribution is -0.152. The molecule has 0 saturated carbocycles. The van der Waals surface area contributed by atoms with E-state index in [4.69, 9.17) is 9.84 Å². The highest BCUT2D eigenvalue weighted by atomic mass is 16.5. The number of rotatable bonds is 6. The third kappa shape index (κ3) is 4.70. The van der Waals surface area contributed by atoms with Gasteiger partial charge in [0, 0.05) is 5.56 Å². The Bertz CT molecular complexity index is 816. The lowest BCUT2D eigenvalue weighted by Gasteiger charge is -2.22. The number of carboxylic acids is 1. The zero-order chi connectivity index (χ0) is 18.6. The minimum absolute atomic E-state index is 0.107. The van der Waals surface area contributed by atoms with Gasteiger partial charge in [-0.15, -0.1) is 0 Å². The summed E-state index contributed by atoms with van der Waals surface area (Å²) in [7, 11) is 0. The summed E-state index contributed by atoms with van der Waals surface area (Å²) >= 11 is 0. The number of hydrogen-bond acceptors (Lipinski definition) is 4. The Morgan fingerprint density at radius 2 is 1.72 bits per heavy atom. The SMILES string of the molecule is Cc1cc(/C=C/C(=O)c2ccc(O)cc2)ccc1OC(C)(C)C(=O)O. The van der Waals surface area contributed by atoms with E-state index in [1.165, 1.54) is 32.1 Å². The van der Waals surface area contributed by atoms with E-state index < -0.39 is 11.6 Å². The van der Waals surface area contributed by atoms with Crippen molar-refractivity contribution in [1.82, 2.24) is 0 Å². The highest BCUT2D eigenvalue weighted by Crippen LogP contribution is 2.24. The van der Waals surface area contributed by atoms with Crippen molar-refractivity contribution in [3.05, 3.63) is 65.2 Å². The fourth-order valence-corrected chi connectivity index (χ4v) is 2.10. The van der Waals surface area contributed by atoms with Gasteiger partial charge in [-0.1, -0.05) is 12.1 Å². The summed E-state index contributed by atoms with van der Waals surface area (Å²) in [6.07, 6.45) is 3.12. The quantitative estimate of drug-likeness (QED) is 0.616. The van der Waals surface area contributed by atoms with Gasteiger partial charge in [0.1, 0.15) is 11.5 Å². The second kappa shape index (κ2) is 7.21. The number of ether oxygens (including phenoxy) is 1. The van der Waals surface area contributed by atoms with E-state index in [1.807, 2.05) is 13.0 Å². The fourth-order valence-electron chi connectivity index (χ4n) is 2.10. The summed E-state index contributed by atoms with van der Waals surface area (Å²) in [6, 6.07) is 11.3. The summed E-state index contributed by atoms with van der Waals surface area (Å²) in [5.74, 6) is -0.634. The Morgan fingerprint density at radius 1 is 1.08 bits per heavy atom. The van der Waals surface area contributed by atoms with Gasteiger partial charge in [0.2, 0.25) is 0 Å². The van der Waals surface area contributed by atoms with Crippen LogP contribution in [0.2, 0.25) is 0 Å². The molecule has 0 radical (unpaired) electrons. The van der Waals surface area contributed by atoms with E-state index in [-0.39, 0.29) is 11.5 Å². The molecule has 0 unspecified atom stereocenters. The van der Waals surface area contributed by atoms with Crippen LogP contribution in [0, 0.1) is 6.92 Å². The first kappa shape index (κ1) is 18.3. The summed E-state index contributed by atoms with van der Waals surface area (Å²) < 4.78 is 5.54. The number of benzene rings is 2. The summed E-state index contributed by atoms with van der Waals surface area (Å²) in [6.45, 7) is 4.78. The molecule has 0 saturated heterocycles. The maximum absolute atomic E-state index is 12.1. The molecule has 2 aromatic rings. The standard InChI is InChI=1S/C20H20O5/c1-13-12-14(5-11-18(13)25-20(2,3)19(23)24)4-10-17(22)15-6-8-16(21)9-7-15/h4-12,21H,1-3H3,(H,23,24)/b10-4+. The smallest absolute Gasteiger partial charge is 0.347 e. The molecule has 0 spiro atoms. The average Bonchev–Trinajstić information content (AvgIpc) is 2.55. The van der Waals surface area contributed by atoms with Crippen LogP contribution in [0.4, 0.5) is 0 Å². The topological polar surface area (TPSA) is 83.8 Å². The van der Waals surface area contributed by atoms with Crippen molar-refractivity contribution in [2.75, 3.05) is 0 Å². The van der Waals surface area contributed by atoms with Gasteiger partial charge < -0.3 is 14.9 Å². The molecular weight excluding hydrogens is 320 g/mol. The Balaban J connectivity index is 2.13. The molecule has 2 aromatic carbocycles. The number of carbonyl (C=O) groups excluding carboxylic acids is 1. The normalized spacial score (nSPS) is 11.5. The van der Waals surface area contributed by atoms with Crippen molar-refractivity contribution in [3.63, 3.8) is 0 Å². The van der Waals surface area contributed by atoms with Gasteiger partial charge in [-0.25, -0.2) is 4.79 Å². The number of carboxylic acid groups (broad SMARTS) is 1. The molecular formula is C20H20O5. The molecule has 0 amide bonds. The van der Waals surface area contributed by atoms with Crippen LogP contribution < -0.4 is 4.74 Å². The molecule has 5 heteroatoms. The molecule has 130 valence electrons. The average molecular weight is 340 g/mol. The molecule has 0 aromatic heterocycles. The summed E-state index contributed by atoms with van der Waals surface area (Å²) in [5.41, 5.74) is 0.726. The van der Waals surface area contributed by atoms with Gasteiger partial charge in [0.25, 0.3) is 0 Å². The van der Waals surface area contributed by atoms with Gasteiger partial charge >= 0.3 is 5.97 Å². The first-order chi connectivity index (χ1) is 11.7. The predicted molar refractivity (Wildman–Crippen MR) is 95.0 cm³/mol. The van der Waals surface area contributed by atoms with Crippen molar-refractivity contribution >= 4 is 17.8 Å². The Labute approximate surface area is 146 Å². The zero-order valence-corrected chi connectivity index (χ0v) is 14.3. The molecule has 0 fully saturated rings. The van der Waals surface area contributed by atoms with Gasteiger partial charge in [-0.3, -0.25) is 4.79 Å². The van der Waals surface area contributed by atoms with Crippen LogP contribution in [0.1, 0.15) is 35.3 Å². The number of ketones is 1. The van der Waals surface area contributed by atoms with E-state index in [0.717, 1.165) is 11.1 Å². The van der Waals surface area contributed by atoms with Crippen LogP contribution in [0.25, 0.3) is 6.08 Å². The van der Waals surface area contributed by atoms with Gasteiger partial charge in [-0.2, -0.15) is 0 Å². The molecule has 0 bridgehead atoms. The van der Waals surface area contributed by atoms with Crippen molar-refractivity contribution in [2.45, 2.75) is 26.4 Å². The number of aliphatic carboxylic acids is 1. The first-order valence-corrected chi connectivity index (χ1v) is 7.73. The number of aryl methyl sites for hydroxylation is 1. The van der Waals surface area contributed by atoms with Crippen LogP contribution in [0.15, 0.2) is 48.5 Å². The second-order valence-corrected chi connectivity index (χ2v) is 6.19. The predicted octanol–water partition coefficient (Wildman–Crippen LogP) is 3.84. The number of carbonyl (C=O) groups is 2. The van der Waals surface area contributed by atoms with E-state index in [9.17, 15) is 14.7 Å². The van der Waals surface area contributed by atoms with Gasteiger partial charge in [0.05, 0.1) is 0 Å². The molecule has 0 aliphatic carbocycles. The molecule has 2 rings (SSSR count). The van der Waals surface area contributed by atoms with E-state index in [0.29, 0.717) is 11.3 Å². The molecule has 25 heavy (non-hydrogen) atoms. The van der Waals surface area contributed by atoms with Gasteiger partial charge in [0.15, 0.2) is 11.4 Å². The number of phenolic OH excluding ortho intramolecular Hbond substituents is 1. The molecule has 5 nitrogen and oxygen atoms in total. The van der Waals surface area contributed by atoms with E-state index >= 15 is 0 Å². The second-order valence-electron chi connectivity index (χ2n) is 6.19. The Kier molecular flexibility index (Phi) is 5.27. The maximum atomic E-state index is 12.1. The highest BCUT2D eigenvalue weighted by molar-refractivity contribution is 6.06. The molecule has 0 heterocycles. The third-order valence-electron chi connectivity index (χ3n) is 3.66. The van der Waals surface area contributed by atoms with Crippen molar-refractivity contribution in [2.24, 2.45) is 0 Å². The first-order valence-electron chi connectivity index (χ1n) is 7.73. The van der Waals surface area contributed by atoms with Crippen LogP contribution in [-0.4, -0.2) is 27.6 Å². The Morgan fingerprint density at radius 3 is 2.28 bits per heavy atom. The lowest BCUT2D eigenvalue weighted by Crippen LogP contribution is -2.38. The number of allylic oxidation sites excluding steroid dienone is 1.